The van der Waals surface area contributed by atoms with Crippen molar-refractivity contribution in [3.8, 4) is 40.5 Å². The first-order valence-corrected chi connectivity index (χ1v) is 13.3. The quantitative estimate of drug-likeness (QED) is 0.315. The molecule has 1 aliphatic heterocycles. The van der Waals surface area contributed by atoms with Crippen molar-refractivity contribution in [3.05, 3.63) is 95.4 Å². The molecule has 1 amide bonds. The summed E-state index contributed by atoms with van der Waals surface area (Å²) in [7, 11) is 0. The Morgan fingerprint density at radius 2 is 1.73 bits per heavy atom. The van der Waals surface area contributed by atoms with Gasteiger partial charge in [-0.3, -0.25) is 4.79 Å². The van der Waals surface area contributed by atoms with E-state index in [4.69, 9.17) is 10.2 Å². The van der Waals surface area contributed by atoms with E-state index in [1.165, 1.54) is 5.56 Å². The molecular weight excluding hydrogens is 498 g/mol. The summed E-state index contributed by atoms with van der Waals surface area (Å²) in [6, 6.07) is 25.2. The molecule has 3 aromatic carbocycles. The smallest absolute Gasteiger partial charge is 0.254 e. The third kappa shape index (κ3) is 7.89. The standard InChI is InChI=1S/C24H20N4O2.C7H8.C2H7N/c1-3-7-21-9-6-11-28(21)24(29)20-13-18(22-10-5-4-8-17(22)15-25)12-19(14-20)23-27-26-16(2)30-23;1-7-5-3-2-4-6-7;1-2-3/h4-5,8,10,12-14,21H,6,9,11H2,1-2H3;2-6H,1H3;2-3H2,1H3. The Hall–Kier alpha value is -4.72. The Kier molecular flexibility index (Phi) is 11.2. The molecule has 0 aliphatic carbocycles. The maximum Gasteiger partial charge on any atom is 0.254 e. The first kappa shape index (κ1) is 29.8. The average Bonchev–Trinajstić information content (AvgIpc) is 3.63. The van der Waals surface area contributed by atoms with Gasteiger partial charge in [0.05, 0.1) is 17.7 Å². The molecule has 0 bridgehead atoms. The fourth-order valence-corrected chi connectivity index (χ4v) is 4.30. The minimum Gasteiger partial charge on any atom is -0.421 e. The summed E-state index contributed by atoms with van der Waals surface area (Å²) >= 11 is 0. The summed E-state index contributed by atoms with van der Waals surface area (Å²) in [6.07, 6.45) is 1.80. The van der Waals surface area contributed by atoms with E-state index in [0.29, 0.717) is 35.0 Å². The number of amides is 1. The molecule has 0 spiro atoms. The Morgan fingerprint density at radius 1 is 1.05 bits per heavy atom. The van der Waals surface area contributed by atoms with Gasteiger partial charge in [0.2, 0.25) is 11.8 Å². The number of aryl methyl sites for hydroxylation is 2. The summed E-state index contributed by atoms with van der Waals surface area (Å²) in [5.74, 6) is 6.75. The van der Waals surface area contributed by atoms with Crippen LogP contribution in [-0.2, 0) is 0 Å². The summed E-state index contributed by atoms with van der Waals surface area (Å²) in [5, 5.41) is 17.5. The highest BCUT2D eigenvalue weighted by molar-refractivity contribution is 5.97. The lowest BCUT2D eigenvalue weighted by Gasteiger charge is -2.21. The van der Waals surface area contributed by atoms with E-state index in [1.54, 1.807) is 26.0 Å². The lowest BCUT2D eigenvalue weighted by Crippen LogP contribution is -2.34. The van der Waals surface area contributed by atoms with Gasteiger partial charge in [-0.15, -0.1) is 16.1 Å². The highest BCUT2D eigenvalue weighted by Gasteiger charge is 2.29. The number of nitriles is 1. The number of likely N-dealkylation sites (tertiary alicyclic amines) is 1. The van der Waals surface area contributed by atoms with E-state index in [2.05, 4.69) is 47.2 Å². The van der Waals surface area contributed by atoms with Gasteiger partial charge in [0, 0.05) is 24.6 Å². The van der Waals surface area contributed by atoms with E-state index < -0.39 is 0 Å². The SMILES string of the molecule is CC#CC1CCCN1C(=O)c1cc(-c2nnc(C)o2)cc(-c2ccccc2C#N)c1.CCN.Cc1ccccc1. The van der Waals surface area contributed by atoms with E-state index in [9.17, 15) is 10.1 Å². The number of nitrogens with two attached hydrogens (primary N) is 1. The van der Waals surface area contributed by atoms with E-state index in [1.807, 2.05) is 60.4 Å². The molecule has 204 valence electrons. The highest BCUT2D eigenvalue weighted by Crippen LogP contribution is 2.31. The van der Waals surface area contributed by atoms with Gasteiger partial charge in [-0.05, 0) is 68.6 Å². The first-order chi connectivity index (χ1) is 19.4. The van der Waals surface area contributed by atoms with Gasteiger partial charge in [-0.2, -0.15) is 5.26 Å². The number of hydrogen-bond acceptors (Lipinski definition) is 6. The van der Waals surface area contributed by atoms with Gasteiger partial charge in [-0.25, -0.2) is 0 Å². The zero-order valence-corrected chi connectivity index (χ0v) is 23.5. The van der Waals surface area contributed by atoms with Crippen LogP contribution >= 0.6 is 0 Å². The molecule has 1 saturated heterocycles. The van der Waals surface area contributed by atoms with Crippen LogP contribution in [0.2, 0.25) is 0 Å². The number of hydrogen-bond donors (Lipinski definition) is 1. The van der Waals surface area contributed by atoms with E-state index >= 15 is 0 Å². The van der Waals surface area contributed by atoms with Crippen LogP contribution in [0.15, 0.2) is 77.2 Å². The molecule has 7 heteroatoms. The van der Waals surface area contributed by atoms with Crippen molar-refractivity contribution in [1.82, 2.24) is 15.1 Å². The number of carbonyl (C=O) groups is 1. The molecule has 1 unspecified atom stereocenters. The highest BCUT2D eigenvalue weighted by atomic mass is 16.4. The molecule has 1 atom stereocenters. The van der Waals surface area contributed by atoms with E-state index in [-0.39, 0.29) is 11.9 Å². The van der Waals surface area contributed by atoms with Crippen LogP contribution in [0.5, 0.6) is 0 Å². The summed E-state index contributed by atoms with van der Waals surface area (Å²) in [6.45, 7) is 8.91. The largest absolute Gasteiger partial charge is 0.421 e. The zero-order valence-electron chi connectivity index (χ0n) is 23.5. The van der Waals surface area contributed by atoms with Crippen molar-refractivity contribution in [3.63, 3.8) is 0 Å². The van der Waals surface area contributed by atoms with Gasteiger partial charge in [0.1, 0.15) is 0 Å². The monoisotopic (exact) mass is 533 g/mol. The molecule has 1 aromatic heterocycles. The van der Waals surface area contributed by atoms with E-state index in [0.717, 1.165) is 30.5 Å². The molecule has 0 saturated carbocycles. The summed E-state index contributed by atoms with van der Waals surface area (Å²) in [5.41, 5.74) is 9.35. The third-order valence-electron chi connectivity index (χ3n) is 6.08. The summed E-state index contributed by atoms with van der Waals surface area (Å²) < 4.78 is 5.60. The second kappa shape index (κ2) is 15.0. The maximum atomic E-state index is 13.4. The Labute approximate surface area is 236 Å². The van der Waals surface area contributed by atoms with Crippen LogP contribution in [0.25, 0.3) is 22.6 Å². The van der Waals surface area contributed by atoms with Crippen LogP contribution in [0, 0.1) is 37.0 Å². The Morgan fingerprint density at radius 3 is 2.33 bits per heavy atom. The minimum atomic E-state index is -0.0889. The topological polar surface area (TPSA) is 109 Å². The van der Waals surface area contributed by atoms with Crippen molar-refractivity contribution >= 4 is 5.91 Å². The predicted molar refractivity (Wildman–Crippen MR) is 158 cm³/mol. The average molecular weight is 534 g/mol. The molecule has 7 nitrogen and oxygen atoms in total. The second-order valence-electron chi connectivity index (χ2n) is 9.20. The Balaban J connectivity index is 0.000000374. The van der Waals surface area contributed by atoms with Crippen LogP contribution in [0.3, 0.4) is 0 Å². The molecule has 4 aromatic rings. The molecule has 2 heterocycles. The first-order valence-electron chi connectivity index (χ1n) is 13.3. The predicted octanol–water partition coefficient (Wildman–Crippen LogP) is 6.17. The lowest BCUT2D eigenvalue weighted by molar-refractivity contribution is 0.0766. The fourth-order valence-electron chi connectivity index (χ4n) is 4.30. The molecule has 1 aliphatic rings. The van der Waals surface area contributed by atoms with Gasteiger partial charge < -0.3 is 15.1 Å². The lowest BCUT2D eigenvalue weighted by atomic mass is 9.96. The molecule has 40 heavy (non-hydrogen) atoms. The number of aromatic nitrogens is 2. The van der Waals surface area contributed by atoms with Crippen LogP contribution < -0.4 is 5.73 Å². The number of rotatable bonds is 3. The van der Waals surface area contributed by atoms with Crippen molar-refractivity contribution < 1.29 is 9.21 Å². The van der Waals surface area contributed by atoms with Gasteiger partial charge in [0.25, 0.3) is 5.91 Å². The third-order valence-corrected chi connectivity index (χ3v) is 6.08. The maximum absolute atomic E-state index is 13.4. The van der Waals surface area contributed by atoms with Gasteiger partial charge in [0.15, 0.2) is 0 Å². The van der Waals surface area contributed by atoms with Gasteiger partial charge >= 0.3 is 0 Å². The number of benzene rings is 3. The molecular formula is C33H35N5O2. The number of nitrogens with zero attached hydrogens (tertiary/aromatic N) is 4. The zero-order chi connectivity index (χ0) is 28.9. The van der Waals surface area contributed by atoms with Crippen molar-refractivity contribution in [2.24, 2.45) is 5.73 Å². The van der Waals surface area contributed by atoms with Gasteiger partial charge in [-0.1, -0.05) is 66.9 Å². The fraction of sp³-hybridized carbons (Fsp3) is 0.273. The van der Waals surface area contributed by atoms with Crippen molar-refractivity contribution in [2.75, 3.05) is 13.1 Å². The molecule has 5 rings (SSSR count). The minimum absolute atomic E-state index is 0.0772. The second-order valence-corrected chi connectivity index (χ2v) is 9.20. The Bertz CT molecular complexity index is 1510. The van der Waals surface area contributed by atoms with Crippen LogP contribution in [-0.4, -0.2) is 40.1 Å². The normalized spacial score (nSPS) is 13.5. The molecule has 0 radical (unpaired) electrons. The molecule has 1 fully saturated rings. The van der Waals surface area contributed by atoms with Crippen LogP contribution in [0.4, 0.5) is 0 Å². The van der Waals surface area contributed by atoms with Crippen LogP contribution in [0.1, 0.15) is 54.1 Å². The number of carbonyl (C=O) groups excluding carboxylic acids is 1. The summed E-state index contributed by atoms with van der Waals surface area (Å²) in [4.78, 5) is 15.2. The molecule has 2 N–H and O–H groups in total. The van der Waals surface area contributed by atoms with Crippen molar-refractivity contribution in [2.45, 2.75) is 46.6 Å². The van der Waals surface area contributed by atoms with Crippen molar-refractivity contribution in [1.29, 1.82) is 5.26 Å².